The molecule has 2 aromatic carbocycles. The lowest BCUT2D eigenvalue weighted by Crippen LogP contribution is -2.44. The smallest absolute Gasteiger partial charge is 0.416 e. The minimum atomic E-state index is -1.07. The van der Waals surface area contributed by atoms with E-state index in [0.29, 0.717) is 6.42 Å². The molecule has 1 heterocycles. The topological polar surface area (TPSA) is 83.9 Å². The summed E-state index contributed by atoms with van der Waals surface area (Å²) in [5.41, 5.74) is 1.83. The molecule has 1 aliphatic rings. The normalized spacial score (nSPS) is 17.4. The van der Waals surface area contributed by atoms with Crippen molar-refractivity contribution in [2.75, 3.05) is 6.61 Å². The number of carboxylic acid groups (broad SMARTS) is 1. The van der Waals surface area contributed by atoms with Crippen molar-refractivity contribution >= 4 is 18.0 Å². The number of imide groups is 1. The van der Waals surface area contributed by atoms with Crippen LogP contribution in [0.2, 0.25) is 0 Å². The number of carbonyl (C=O) groups excluding carboxylic acids is 2. The summed E-state index contributed by atoms with van der Waals surface area (Å²) < 4.78 is 5.10. The van der Waals surface area contributed by atoms with Gasteiger partial charge in [-0.25, -0.2) is 9.69 Å². The number of carboxylic acids is 1. The number of cyclic esters (lactones) is 1. The van der Waals surface area contributed by atoms with Crippen LogP contribution in [0.1, 0.15) is 17.5 Å². The molecule has 0 aromatic heterocycles. The molecule has 1 saturated heterocycles. The fourth-order valence-corrected chi connectivity index (χ4v) is 3.32. The summed E-state index contributed by atoms with van der Waals surface area (Å²) in [5.74, 6) is -2.39. The Bertz CT molecular complexity index is 806. The molecule has 1 fully saturated rings. The Morgan fingerprint density at radius 2 is 1.63 bits per heavy atom. The summed E-state index contributed by atoms with van der Waals surface area (Å²) in [4.78, 5) is 37.6. The zero-order valence-electron chi connectivity index (χ0n) is 14.8. The average molecular weight is 367 g/mol. The maximum atomic E-state index is 13.1. The van der Waals surface area contributed by atoms with E-state index in [0.717, 1.165) is 16.0 Å². The van der Waals surface area contributed by atoms with Crippen molar-refractivity contribution in [3.63, 3.8) is 0 Å². The third-order valence-electron chi connectivity index (χ3n) is 4.61. The highest BCUT2D eigenvalue weighted by molar-refractivity contribution is 5.96. The second kappa shape index (κ2) is 8.49. The van der Waals surface area contributed by atoms with Crippen LogP contribution in [0.4, 0.5) is 4.79 Å². The first-order chi connectivity index (χ1) is 13.0. The van der Waals surface area contributed by atoms with Crippen molar-refractivity contribution in [1.82, 2.24) is 4.90 Å². The van der Waals surface area contributed by atoms with E-state index in [-0.39, 0.29) is 19.4 Å². The number of ether oxygens (including phenoxy) is 1. The van der Waals surface area contributed by atoms with E-state index in [1.54, 1.807) is 0 Å². The Hall–Kier alpha value is -3.15. The van der Waals surface area contributed by atoms with Crippen LogP contribution < -0.4 is 0 Å². The Kier molecular flexibility index (Phi) is 5.86. The fourth-order valence-electron chi connectivity index (χ4n) is 3.32. The van der Waals surface area contributed by atoms with Crippen LogP contribution in [0.3, 0.4) is 0 Å². The van der Waals surface area contributed by atoms with E-state index >= 15 is 0 Å². The number of hydrogen-bond acceptors (Lipinski definition) is 4. The molecule has 0 bridgehead atoms. The molecule has 2 aromatic rings. The predicted octanol–water partition coefficient (Wildman–Crippen LogP) is 2.91. The summed E-state index contributed by atoms with van der Waals surface area (Å²) >= 11 is 0. The number of nitrogens with zero attached hydrogens (tertiary/aromatic N) is 1. The van der Waals surface area contributed by atoms with Gasteiger partial charge in [-0.2, -0.15) is 0 Å². The lowest BCUT2D eigenvalue weighted by atomic mass is 9.94. The third kappa shape index (κ3) is 4.73. The number of rotatable bonds is 7. The second-order valence-electron chi connectivity index (χ2n) is 6.61. The Morgan fingerprint density at radius 3 is 2.22 bits per heavy atom. The van der Waals surface area contributed by atoms with Gasteiger partial charge in [0.15, 0.2) is 0 Å². The first-order valence-corrected chi connectivity index (χ1v) is 8.84. The molecule has 3 rings (SSSR count). The van der Waals surface area contributed by atoms with Crippen LogP contribution in [0.15, 0.2) is 60.7 Å². The molecule has 140 valence electrons. The molecule has 0 radical (unpaired) electrons. The SMILES string of the molecule is O=C(O)CC(Cc1ccccc1)C(=O)N1C(=O)OC[C@@H]1Cc1ccccc1. The maximum Gasteiger partial charge on any atom is 0.416 e. The zero-order chi connectivity index (χ0) is 19.2. The van der Waals surface area contributed by atoms with Crippen molar-refractivity contribution in [2.24, 2.45) is 5.92 Å². The Labute approximate surface area is 157 Å². The molecule has 0 aliphatic carbocycles. The van der Waals surface area contributed by atoms with Gasteiger partial charge in [0.2, 0.25) is 5.91 Å². The van der Waals surface area contributed by atoms with Crippen molar-refractivity contribution in [2.45, 2.75) is 25.3 Å². The van der Waals surface area contributed by atoms with E-state index in [1.165, 1.54) is 0 Å². The second-order valence-corrected chi connectivity index (χ2v) is 6.61. The van der Waals surface area contributed by atoms with Gasteiger partial charge >= 0.3 is 12.1 Å². The zero-order valence-corrected chi connectivity index (χ0v) is 14.8. The summed E-state index contributed by atoms with van der Waals surface area (Å²) in [5, 5.41) is 9.23. The molecule has 2 amide bonds. The van der Waals surface area contributed by atoms with Gasteiger partial charge < -0.3 is 9.84 Å². The lowest BCUT2D eigenvalue weighted by Gasteiger charge is -2.24. The Morgan fingerprint density at radius 1 is 1.04 bits per heavy atom. The van der Waals surface area contributed by atoms with E-state index in [1.807, 2.05) is 60.7 Å². The van der Waals surface area contributed by atoms with Crippen LogP contribution in [-0.4, -0.2) is 40.6 Å². The highest BCUT2D eigenvalue weighted by atomic mass is 16.6. The van der Waals surface area contributed by atoms with Crippen LogP contribution in [0.5, 0.6) is 0 Å². The summed E-state index contributed by atoms with van der Waals surface area (Å²) in [7, 11) is 0. The minimum Gasteiger partial charge on any atom is -0.481 e. The third-order valence-corrected chi connectivity index (χ3v) is 4.61. The van der Waals surface area contributed by atoms with Crippen molar-refractivity contribution < 1.29 is 24.2 Å². The van der Waals surface area contributed by atoms with Crippen LogP contribution in [-0.2, 0) is 27.2 Å². The summed E-state index contributed by atoms with van der Waals surface area (Å²) in [6.07, 6.45) is -0.309. The highest BCUT2D eigenvalue weighted by Gasteiger charge is 2.41. The largest absolute Gasteiger partial charge is 0.481 e. The maximum absolute atomic E-state index is 13.1. The van der Waals surface area contributed by atoms with E-state index in [2.05, 4.69) is 0 Å². The van der Waals surface area contributed by atoms with Gasteiger partial charge in [0, 0.05) is 0 Å². The number of hydrogen-bond donors (Lipinski definition) is 1. The summed E-state index contributed by atoms with van der Waals surface area (Å²) in [6.45, 7) is 0.116. The number of benzene rings is 2. The standard InChI is InChI=1S/C21H21NO5/c23-19(24)13-17(11-15-7-3-1-4-8-15)20(25)22-18(14-27-21(22)26)12-16-9-5-2-6-10-16/h1-10,17-18H,11-14H2,(H,23,24)/t17?,18-/m0/s1. The molecule has 2 atom stereocenters. The van der Waals surface area contributed by atoms with Crippen molar-refractivity contribution in [3.05, 3.63) is 71.8 Å². The van der Waals surface area contributed by atoms with Gasteiger partial charge in [0.1, 0.15) is 6.61 Å². The fraction of sp³-hybridized carbons (Fsp3) is 0.286. The van der Waals surface area contributed by atoms with Gasteiger partial charge in [-0.1, -0.05) is 60.7 Å². The molecule has 27 heavy (non-hydrogen) atoms. The average Bonchev–Trinajstić information content (AvgIpc) is 3.02. The molecule has 1 aliphatic heterocycles. The molecular weight excluding hydrogens is 346 g/mol. The van der Waals surface area contributed by atoms with Gasteiger partial charge in [-0.15, -0.1) is 0 Å². The van der Waals surface area contributed by atoms with Gasteiger partial charge in [-0.3, -0.25) is 9.59 Å². The van der Waals surface area contributed by atoms with E-state index in [4.69, 9.17) is 4.74 Å². The molecular formula is C21H21NO5. The highest BCUT2D eigenvalue weighted by Crippen LogP contribution is 2.23. The summed E-state index contributed by atoms with van der Waals surface area (Å²) in [6, 6.07) is 18.3. The van der Waals surface area contributed by atoms with Gasteiger partial charge in [0.25, 0.3) is 0 Å². The minimum absolute atomic E-state index is 0.116. The van der Waals surface area contributed by atoms with Crippen LogP contribution in [0, 0.1) is 5.92 Å². The molecule has 0 saturated carbocycles. The number of amides is 2. The van der Waals surface area contributed by atoms with Crippen molar-refractivity contribution in [3.8, 4) is 0 Å². The van der Waals surface area contributed by atoms with Crippen molar-refractivity contribution in [1.29, 1.82) is 0 Å². The molecule has 6 nitrogen and oxygen atoms in total. The molecule has 6 heteroatoms. The molecule has 0 spiro atoms. The first kappa shape index (κ1) is 18.6. The Balaban J connectivity index is 1.79. The van der Waals surface area contributed by atoms with Crippen LogP contribution >= 0.6 is 0 Å². The van der Waals surface area contributed by atoms with Crippen LogP contribution in [0.25, 0.3) is 0 Å². The first-order valence-electron chi connectivity index (χ1n) is 8.84. The predicted molar refractivity (Wildman–Crippen MR) is 98.0 cm³/mol. The van der Waals surface area contributed by atoms with E-state index in [9.17, 15) is 19.5 Å². The molecule has 1 unspecified atom stereocenters. The molecule has 1 N–H and O–H groups in total. The lowest BCUT2D eigenvalue weighted by molar-refractivity contribution is -0.143. The monoisotopic (exact) mass is 367 g/mol. The number of carbonyl (C=O) groups is 3. The van der Waals surface area contributed by atoms with Gasteiger partial charge in [0.05, 0.1) is 18.4 Å². The van der Waals surface area contributed by atoms with E-state index < -0.39 is 29.9 Å². The van der Waals surface area contributed by atoms with Gasteiger partial charge in [-0.05, 0) is 24.0 Å². The number of aliphatic carboxylic acids is 1. The quantitative estimate of drug-likeness (QED) is 0.813.